The van der Waals surface area contributed by atoms with Crippen LogP contribution in [0.4, 0.5) is 4.39 Å². The van der Waals surface area contributed by atoms with E-state index in [4.69, 9.17) is 5.11 Å². The maximum atomic E-state index is 13.0. The second-order valence-electron chi connectivity index (χ2n) is 2.83. The first kappa shape index (κ1) is 10.4. The molecule has 1 aromatic carbocycles. The van der Waals surface area contributed by atoms with E-state index in [0.29, 0.717) is 5.56 Å². The van der Waals surface area contributed by atoms with Crippen LogP contribution in [-0.4, -0.2) is 23.0 Å². The summed E-state index contributed by atoms with van der Waals surface area (Å²) in [6, 6.07) is 8.44. The van der Waals surface area contributed by atoms with Crippen molar-refractivity contribution >= 4 is 11.8 Å². The molecule has 0 aliphatic rings. The molecule has 0 bridgehead atoms. The van der Waals surface area contributed by atoms with Gasteiger partial charge in [-0.05, 0) is 5.56 Å². The van der Waals surface area contributed by atoms with Crippen LogP contribution in [0.3, 0.4) is 0 Å². The molecule has 74 valence electrons. The third-order valence-electron chi connectivity index (χ3n) is 1.75. The van der Waals surface area contributed by atoms with Crippen LogP contribution in [-0.2, 0) is 16.0 Å². The highest BCUT2D eigenvalue weighted by Gasteiger charge is 2.24. The monoisotopic (exact) mass is 196 g/mol. The summed E-state index contributed by atoms with van der Waals surface area (Å²) >= 11 is 0. The minimum Gasteiger partial charge on any atom is -0.475 e. The number of alkyl halides is 1. The summed E-state index contributed by atoms with van der Waals surface area (Å²) in [5.74, 6) is -3.12. The fourth-order valence-electron chi connectivity index (χ4n) is 1.05. The van der Waals surface area contributed by atoms with Crippen LogP contribution in [0.2, 0.25) is 0 Å². The second kappa shape index (κ2) is 4.50. The average Bonchev–Trinajstić information content (AvgIpc) is 2.18. The molecule has 0 spiro atoms. The average molecular weight is 196 g/mol. The van der Waals surface area contributed by atoms with Gasteiger partial charge in [0.1, 0.15) is 0 Å². The summed E-state index contributed by atoms with van der Waals surface area (Å²) in [4.78, 5) is 20.8. The fraction of sp³-hybridized carbons (Fsp3) is 0.200. The maximum Gasteiger partial charge on any atom is 0.375 e. The molecule has 0 amide bonds. The van der Waals surface area contributed by atoms with Gasteiger partial charge in [-0.1, -0.05) is 30.3 Å². The Balaban J connectivity index is 2.62. The van der Waals surface area contributed by atoms with Crippen molar-refractivity contribution in [2.45, 2.75) is 12.6 Å². The number of halogens is 1. The van der Waals surface area contributed by atoms with Crippen molar-refractivity contribution in [3.8, 4) is 0 Å². The van der Waals surface area contributed by atoms with E-state index in [2.05, 4.69) is 0 Å². The number of carboxylic acid groups (broad SMARTS) is 1. The van der Waals surface area contributed by atoms with Gasteiger partial charge >= 0.3 is 5.97 Å². The van der Waals surface area contributed by atoms with Gasteiger partial charge in [-0.2, -0.15) is 0 Å². The molecule has 0 radical (unpaired) electrons. The van der Waals surface area contributed by atoms with Crippen molar-refractivity contribution in [3.63, 3.8) is 0 Å². The molecule has 1 N–H and O–H groups in total. The van der Waals surface area contributed by atoms with Crippen molar-refractivity contribution in [2.24, 2.45) is 0 Å². The Labute approximate surface area is 80.2 Å². The number of aliphatic carboxylic acids is 1. The van der Waals surface area contributed by atoms with Crippen LogP contribution in [0, 0.1) is 0 Å². The van der Waals surface area contributed by atoms with E-state index in [1.54, 1.807) is 30.3 Å². The summed E-state index contributed by atoms with van der Waals surface area (Å²) in [7, 11) is 0. The molecule has 1 atom stereocenters. The van der Waals surface area contributed by atoms with Gasteiger partial charge in [0.15, 0.2) is 6.17 Å². The molecule has 0 fully saturated rings. The molecule has 1 rings (SSSR count). The van der Waals surface area contributed by atoms with Crippen molar-refractivity contribution in [2.75, 3.05) is 0 Å². The van der Waals surface area contributed by atoms with Crippen molar-refractivity contribution in [1.82, 2.24) is 0 Å². The van der Waals surface area contributed by atoms with Gasteiger partial charge in [0, 0.05) is 6.42 Å². The predicted octanol–water partition coefficient (Wildman–Crippen LogP) is 1.22. The number of rotatable bonds is 4. The third kappa shape index (κ3) is 2.65. The number of Topliss-reactive ketones (excluding diaryl/α,β-unsaturated/α-hetero) is 1. The van der Waals surface area contributed by atoms with E-state index in [-0.39, 0.29) is 6.42 Å². The molecule has 0 heterocycles. The summed E-state index contributed by atoms with van der Waals surface area (Å²) in [5, 5.41) is 8.24. The SMILES string of the molecule is O=C(O)C(=O)C(F)Cc1ccccc1. The van der Waals surface area contributed by atoms with Gasteiger partial charge in [-0.25, -0.2) is 9.18 Å². The Morgan fingerprint density at radius 2 is 1.86 bits per heavy atom. The van der Waals surface area contributed by atoms with Gasteiger partial charge in [-0.15, -0.1) is 0 Å². The van der Waals surface area contributed by atoms with Crippen molar-refractivity contribution < 1.29 is 19.1 Å². The zero-order valence-corrected chi connectivity index (χ0v) is 7.31. The zero-order chi connectivity index (χ0) is 10.6. The highest BCUT2D eigenvalue weighted by molar-refractivity contribution is 6.34. The lowest BCUT2D eigenvalue weighted by atomic mass is 10.1. The number of carbonyl (C=O) groups is 2. The van der Waals surface area contributed by atoms with Crippen LogP contribution in [0.5, 0.6) is 0 Å². The third-order valence-corrected chi connectivity index (χ3v) is 1.75. The number of benzene rings is 1. The van der Waals surface area contributed by atoms with E-state index in [9.17, 15) is 14.0 Å². The lowest BCUT2D eigenvalue weighted by Gasteiger charge is -2.03. The summed E-state index contributed by atoms with van der Waals surface area (Å²) in [6.07, 6.45) is -2.15. The smallest absolute Gasteiger partial charge is 0.375 e. The summed E-state index contributed by atoms with van der Waals surface area (Å²) in [6.45, 7) is 0. The van der Waals surface area contributed by atoms with Crippen LogP contribution < -0.4 is 0 Å². The summed E-state index contributed by atoms with van der Waals surface area (Å²) < 4.78 is 13.0. The number of carbonyl (C=O) groups excluding carboxylic acids is 1. The molecule has 3 nitrogen and oxygen atoms in total. The van der Waals surface area contributed by atoms with Crippen molar-refractivity contribution in [3.05, 3.63) is 35.9 Å². The molecule has 1 unspecified atom stereocenters. The van der Waals surface area contributed by atoms with Crippen molar-refractivity contribution in [1.29, 1.82) is 0 Å². The van der Waals surface area contributed by atoms with E-state index in [0.717, 1.165) is 0 Å². The first-order valence-corrected chi connectivity index (χ1v) is 4.06. The first-order chi connectivity index (χ1) is 6.61. The standard InChI is InChI=1S/C10H9FO3/c11-8(9(12)10(13)14)6-7-4-2-1-3-5-7/h1-5,8H,6H2,(H,13,14). The Morgan fingerprint density at radius 3 is 2.36 bits per heavy atom. The topological polar surface area (TPSA) is 54.4 Å². The molecule has 14 heavy (non-hydrogen) atoms. The Bertz CT molecular complexity index is 334. The predicted molar refractivity (Wildman–Crippen MR) is 47.7 cm³/mol. The largest absolute Gasteiger partial charge is 0.475 e. The van der Waals surface area contributed by atoms with E-state index < -0.39 is 17.9 Å². The van der Waals surface area contributed by atoms with Gasteiger partial charge in [-0.3, -0.25) is 4.79 Å². The zero-order valence-electron chi connectivity index (χ0n) is 7.31. The molecule has 4 heteroatoms. The minimum atomic E-state index is -1.96. The van der Waals surface area contributed by atoms with Crippen LogP contribution >= 0.6 is 0 Å². The Morgan fingerprint density at radius 1 is 1.29 bits per heavy atom. The molecule has 0 aromatic heterocycles. The molecule has 1 aromatic rings. The molecule has 0 aliphatic carbocycles. The lowest BCUT2D eigenvalue weighted by molar-refractivity contribution is -0.151. The van der Waals surface area contributed by atoms with Gasteiger partial charge < -0.3 is 5.11 Å². The Hall–Kier alpha value is -1.71. The number of hydrogen-bond acceptors (Lipinski definition) is 2. The lowest BCUT2D eigenvalue weighted by Crippen LogP contribution is -2.26. The van der Waals surface area contributed by atoms with Gasteiger partial charge in [0.25, 0.3) is 5.78 Å². The van der Waals surface area contributed by atoms with Gasteiger partial charge in [0.2, 0.25) is 0 Å². The number of ketones is 1. The van der Waals surface area contributed by atoms with Crippen LogP contribution in [0.25, 0.3) is 0 Å². The van der Waals surface area contributed by atoms with E-state index >= 15 is 0 Å². The number of carboxylic acids is 1. The molecule has 0 aliphatic heterocycles. The quantitative estimate of drug-likeness (QED) is 0.736. The second-order valence-corrected chi connectivity index (χ2v) is 2.83. The highest BCUT2D eigenvalue weighted by atomic mass is 19.1. The first-order valence-electron chi connectivity index (χ1n) is 4.06. The Kier molecular flexibility index (Phi) is 3.34. The number of hydrogen-bond donors (Lipinski definition) is 1. The summed E-state index contributed by atoms with van der Waals surface area (Å²) in [5.41, 5.74) is 0.606. The minimum absolute atomic E-state index is 0.189. The maximum absolute atomic E-state index is 13.0. The van der Waals surface area contributed by atoms with E-state index in [1.165, 1.54) is 0 Å². The molecular formula is C10H9FO3. The van der Waals surface area contributed by atoms with E-state index in [1.807, 2.05) is 0 Å². The molecule has 0 saturated carbocycles. The highest BCUT2D eigenvalue weighted by Crippen LogP contribution is 2.06. The van der Waals surface area contributed by atoms with Gasteiger partial charge in [0.05, 0.1) is 0 Å². The van der Waals surface area contributed by atoms with Crippen LogP contribution in [0.15, 0.2) is 30.3 Å². The molecular weight excluding hydrogens is 187 g/mol. The normalized spacial score (nSPS) is 12.1. The molecule has 0 saturated heterocycles. The fourth-order valence-corrected chi connectivity index (χ4v) is 1.05. The van der Waals surface area contributed by atoms with Crippen LogP contribution in [0.1, 0.15) is 5.56 Å².